The zero-order valence-electron chi connectivity index (χ0n) is 6.77. The lowest BCUT2D eigenvalue weighted by molar-refractivity contribution is -0.135. The molecule has 0 saturated carbocycles. The van der Waals surface area contributed by atoms with Crippen molar-refractivity contribution < 1.29 is 14.3 Å². The standard InChI is InChI=1S/C7H8N2O3/c1-9-4-3-5(8-9)6(10)7(11)12-2/h3-4H,1-2H3. The van der Waals surface area contributed by atoms with Crippen molar-refractivity contribution in [3.05, 3.63) is 18.0 Å². The van der Waals surface area contributed by atoms with Gasteiger partial charge in [0, 0.05) is 13.2 Å². The molecule has 0 bridgehead atoms. The number of aromatic nitrogens is 2. The molecule has 0 aromatic carbocycles. The van der Waals surface area contributed by atoms with Crippen molar-refractivity contribution in [3.8, 4) is 0 Å². The van der Waals surface area contributed by atoms with E-state index in [-0.39, 0.29) is 5.69 Å². The van der Waals surface area contributed by atoms with Gasteiger partial charge in [-0.1, -0.05) is 0 Å². The number of hydrogen-bond donors (Lipinski definition) is 0. The normalized spacial score (nSPS) is 9.50. The second-order valence-electron chi connectivity index (χ2n) is 2.20. The molecule has 12 heavy (non-hydrogen) atoms. The number of esters is 1. The number of ether oxygens (including phenoxy) is 1. The summed E-state index contributed by atoms with van der Waals surface area (Å²) in [5.41, 5.74) is 0.101. The van der Waals surface area contributed by atoms with Gasteiger partial charge >= 0.3 is 5.97 Å². The number of ketones is 1. The zero-order chi connectivity index (χ0) is 9.14. The van der Waals surface area contributed by atoms with Crippen LogP contribution in [0.4, 0.5) is 0 Å². The van der Waals surface area contributed by atoms with Crippen LogP contribution in [-0.4, -0.2) is 28.6 Å². The first kappa shape index (κ1) is 8.45. The van der Waals surface area contributed by atoms with Gasteiger partial charge in [0.1, 0.15) is 5.69 Å². The Kier molecular flexibility index (Phi) is 2.23. The minimum atomic E-state index is -0.895. The molecule has 0 unspecified atom stereocenters. The lowest BCUT2D eigenvalue weighted by Gasteiger charge is -1.92. The number of methoxy groups -OCH3 is 1. The Morgan fingerprint density at radius 3 is 2.67 bits per heavy atom. The lowest BCUT2D eigenvalue weighted by atomic mass is 10.3. The Morgan fingerprint density at radius 1 is 1.58 bits per heavy atom. The van der Waals surface area contributed by atoms with Crippen LogP contribution in [0.25, 0.3) is 0 Å². The Morgan fingerprint density at radius 2 is 2.25 bits per heavy atom. The maximum atomic E-state index is 11.0. The van der Waals surface area contributed by atoms with Gasteiger partial charge in [-0.2, -0.15) is 5.10 Å². The number of nitrogens with zero attached hydrogens (tertiary/aromatic N) is 2. The highest BCUT2D eigenvalue weighted by Gasteiger charge is 2.18. The molecule has 5 heteroatoms. The molecule has 64 valence electrons. The summed E-state index contributed by atoms with van der Waals surface area (Å²) in [5.74, 6) is -1.62. The second kappa shape index (κ2) is 3.17. The van der Waals surface area contributed by atoms with E-state index in [4.69, 9.17) is 0 Å². The molecule has 0 aliphatic heterocycles. The maximum Gasteiger partial charge on any atom is 0.381 e. The molecule has 0 spiro atoms. The van der Waals surface area contributed by atoms with Crippen LogP contribution >= 0.6 is 0 Å². The van der Waals surface area contributed by atoms with Crippen molar-refractivity contribution in [1.82, 2.24) is 9.78 Å². The van der Waals surface area contributed by atoms with Crippen LogP contribution in [0.1, 0.15) is 10.5 Å². The van der Waals surface area contributed by atoms with E-state index in [1.807, 2.05) is 0 Å². The number of rotatable bonds is 2. The van der Waals surface area contributed by atoms with Crippen molar-refractivity contribution in [1.29, 1.82) is 0 Å². The van der Waals surface area contributed by atoms with E-state index < -0.39 is 11.8 Å². The first-order chi connectivity index (χ1) is 5.65. The number of carbonyl (C=O) groups is 2. The van der Waals surface area contributed by atoms with E-state index in [0.717, 1.165) is 7.11 Å². The quantitative estimate of drug-likeness (QED) is 0.348. The maximum absolute atomic E-state index is 11.0. The van der Waals surface area contributed by atoms with Gasteiger partial charge in [0.25, 0.3) is 5.78 Å². The van der Waals surface area contributed by atoms with Gasteiger partial charge in [0.2, 0.25) is 0 Å². The van der Waals surface area contributed by atoms with Crippen molar-refractivity contribution in [2.24, 2.45) is 7.05 Å². The number of aryl methyl sites for hydroxylation is 1. The monoisotopic (exact) mass is 168 g/mol. The third kappa shape index (κ3) is 1.50. The van der Waals surface area contributed by atoms with Crippen LogP contribution in [0, 0.1) is 0 Å². The van der Waals surface area contributed by atoms with Crippen molar-refractivity contribution in [3.63, 3.8) is 0 Å². The molecule has 1 rings (SSSR count). The number of Topliss-reactive ketones (excluding diaryl/α,β-unsaturated/α-hetero) is 1. The zero-order valence-corrected chi connectivity index (χ0v) is 6.77. The second-order valence-corrected chi connectivity index (χ2v) is 2.20. The van der Waals surface area contributed by atoms with Crippen molar-refractivity contribution in [2.75, 3.05) is 7.11 Å². The topological polar surface area (TPSA) is 61.2 Å². The van der Waals surface area contributed by atoms with Gasteiger partial charge in [-0.3, -0.25) is 9.48 Å². The molecular formula is C7H8N2O3. The van der Waals surface area contributed by atoms with Gasteiger partial charge in [0.15, 0.2) is 0 Å². The van der Waals surface area contributed by atoms with Crippen molar-refractivity contribution in [2.45, 2.75) is 0 Å². The SMILES string of the molecule is COC(=O)C(=O)c1ccn(C)n1. The average molecular weight is 168 g/mol. The summed E-state index contributed by atoms with van der Waals surface area (Å²) in [5, 5.41) is 3.75. The minimum absolute atomic E-state index is 0.101. The summed E-state index contributed by atoms with van der Waals surface area (Å²) in [6, 6.07) is 1.46. The molecule has 0 aliphatic carbocycles. The van der Waals surface area contributed by atoms with Gasteiger partial charge in [-0.05, 0) is 6.07 Å². The Balaban J connectivity index is 2.85. The molecule has 5 nitrogen and oxygen atoms in total. The summed E-state index contributed by atoms with van der Waals surface area (Å²) in [7, 11) is 2.82. The summed E-state index contributed by atoms with van der Waals surface area (Å²) in [6.45, 7) is 0. The summed E-state index contributed by atoms with van der Waals surface area (Å²) < 4.78 is 5.68. The van der Waals surface area contributed by atoms with E-state index >= 15 is 0 Å². The molecule has 0 radical (unpaired) electrons. The third-order valence-electron chi connectivity index (χ3n) is 1.32. The van der Waals surface area contributed by atoms with Gasteiger partial charge < -0.3 is 4.74 Å². The third-order valence-corrected chi connectivity index (χ3v) is 1.32. The van der Waals surface area contributed by atoms with E-state index in [1.54, 1.807) is 13.2 Å². The molecular weight excluding hydrogens is 160 g/mol. The van der Waals surface area contributed by atoms with Crippen LogP contribution in [0.3, 0.4) is 0 Å². The molecule has 1 aromatic heterocycles. The van der Waals surface area contributed by atoms with Gasteiger partial charge in [0.05, 0.1) is 7.11 Å². The van der Waals surface area contributed by atoms with E-state index in [2.05, 4.69) is 9.84 Å². The van der Waals surface area contributed by atoms with Crippen LogP contribution in [0.5, 0.6) is 0 Å². The highest BCUT2D eigenvalue weighted by atomic mass is 16.5. The Labute approximate surface area is 68.9 Å². The Hall–Kier alpha value is -1.65. The molecule has 1 aromatic rings. The average Bonchev–Trinajstić information content (AvgIpc) is 2.49. The molecule has 0 aliphatic rings. The summed E-state index contributed by atoms with van der Waals surface area (Å²) in [6.07, 6.45) is 1.58. The smallest absolute Gasteiger partial charge is 0.381 e. The Bertz CT molecular complexity index is 316. The highest BCUT2D eigenvalue weighted by molar-refractivity contribution is 6.40. The van der Waals surface area contributed by atoms with Gasteiger partial charge in [-0.25, -0.2) is 4.79 Å². The van der Waals surface area contributed by atoms with E-state index in [0.29, 0.717) is 0 Å². The van der Waals surface area contributed by atoms with E-state index in [9.17, 15) is 9.59 Å². The number of carbonyl (C=O) groups excluding carboxylic acids is 2. The molecule has 0 N–H and O–H groups in total. The molecule has 0 saturated heterocycles. The van der Waals surface area contributed by atoms with E-state index in [1.165, 1.54) is 10.7 Å². The lowest BCUT2D eigenvalue weighted by Crippen LogP contribution is -2.16. The first-order valence-corrected chi connectivity index (χ1v) is 3.27. The highest BCUT2D eigenvalue weighted by Crippen LogP contribution is 1.96. The molecule has 0 atom stereocenters. The fraction of sp³-hybridized carbons (Fsp3) is 0.286. The van der Waals surface area contributed by atoms with Crippen molar-refractivity contribution >= 4 is 11.8 Å². The van der Waals surface area contributed by atoms with Crippen LogP contribution < -0.4 is 0 Å². The summed E-state index contributed by atoms with van der Waals surface area (Å²) in [4.78, 5) is 21.7. The molecule has 1 heterocycles. The van der Waals surface area contributed by atoms with Crippen LogP contribution in [-0.2, 0) is 16.6 Å². The fourth-order valence-corrected chi connectivity index (χ4v) is 0.733. The first-order valence-electron chi connectivity index (χ1n) is 3.27. The summed E-state index contributed by atoms with van der Waals surface area (Å²) >= 11 is 0. The predicted octanol–water partition coefficient (Wildman–Crippen LogP) is -0.224. The molecule has 0 amide bonds. The van der Waals surface area contributed by atoms with Gasteiger partial charge in [-0.15, -0.1) is 0 Å². The number of hydrogen-bond acceptors (Lipinski definition) is 4. The molecule has 0 fully saturated rings. The van der Waals surface area contributed by atoms with Crippen LogP contribution in [0.2, 0.25) is 0 Å². The largest absolute Gasteiger partial charge is 0.463 e. The van der Waals surface area contributed by atoms with Crippen LogP contribution in [0.15, 0.2) is 12.3 Å². The minimum Gasteiger partial charge on any atom is -0.463 e. The predicted molar refractivity (Wildman–Crippen MR) is 39.6 cm³/mol. The fourth-order valence-electron chi connectivity index (χ4n) is 0.733.